The molecule has 0 radical (unpaired) electrons. The number of benzene rings is 1. The number of para-hydroxylation sites is 1. The van der Waals surface area contributed by atoms with Crippen molar-refractivity contribution in [2.24, 2.45) is 0 Å². The standard InChI is InChI=1S/C11H11N3O4/c1-17-10-4-2-3-9(11(10)14(15)16)12-7-8-5-6-13-18-8/h2-6,12H,7H2,1H3. The summed E-state index contributed by atoms with van der Waals surface area (Å²) in [5.41, 5.74) is 0.273. The third-order valence-electron chi connectivity index (χ3n) is 2.35. The maximum absolute atomic E-state index is 11.0. The molecule has 0 saturated carbocycles. The molecule has 2 aromatic rings. The molecule has 0 unspecified atom stereocenters. The molecule has 7 nitrogen and oxygen atoms in total. The summed E-state index contributed by atoms with van der Waals surface area (Å²) in [4.78, 5) is 10.5. The van der Waals surface area contributed by atoms with Crippen LogP contribution in [0.15, 0.2) is 35.0 Å². The molecule has 0 aliphatic carbocycles. The quantitative estimate of drug-likeness (QED) is 0.645. The van der Waals surface area contributed by atoms with Crippen LogP contribution in [-0.4, -0.2) is 17.2 Å². The lowest BCUT2D eigenvalue weighted by atomic mass is 10.2. The van der Waals surface area contributed by atoms with E-state index in [1.165, 1.54) is 19.4 Å². The Kier molecular flexibility index (Phi) is 3.42. The van der Waals surface area contributed by atoms with Crippen molar-refractivity contribution in [3.05, 3.63) is 46.3 Å². The molecule has 1 heterocycles. The predicted octanol–water partition coefficient (Wildman–Crippen LogP) is 2.20. The van der Waals surface area contributed by atoms with Crippen LogP contribution >= 0.6 is 0 Å². The first-order chi connectivity index (χ1) is 8.72. The van der Waals surface area contributed by atoms with Crippen LogP contribution in [0.2, 0.25) is 0 Å². The van der Waals surface area contributed by atoms with Crippen LogP contribution in [0, 0.1) is 10.1 Å². The van der Waals surface area contributed by atoms with Gasteiger partial charge in [0.25, 0.3) is 0 Å². The Morgan fingerprint density at radius 2 is 2.33 bits per heavy atom. The topological polar surface area (TPSA) is 90.4 Å². The number of rotatable bonds is 5. The highest BCUT2D eigenvalue weighted by Crippen LogP contribution is 2.34. The molecule has 18 heavy (non-hydrogen) atoms. The molecule has 0 amide bonds. The van der Waals surface area contributed by atoms with Crippen LogP contribution in [0.3, 0.4) is 0 Å². The van der Waals surface area contributed by atoms with Crippen molar-refractivity contribution >= 4 is 11.4 Å². The van der Waals surface area contributed by atoms with E-state index in [4.69, 9.17) is 9.26 Å². The van der Waals surface area contributed by atoms with Gasteiger partial charge in [-0.2, -0.15) is 0 Å². The van der Waals surface area contributed by atoms with E-state index in [9.17, 15) is 10.1 Å². The fraction of sp³-hybridized carbons (Fsp3) is 0.182. The van der Waals surface area contributed by atoms with Gasteiger partial charge in [0, 0.05) is 6.07 Å². The minimum atomic E-state index is -0.485. The van der Waals surface area contributed by atoms with Gasteiger partial charge in [0.05, 0.1) is 24.8 Å². The maximum Gasteiger partial charge on any atom is 0.333 e. The van der Waals surface area contributed by atoms with Gasteiger partial charge < -0.3 is 14.6 Å². The average molecular weight is 249 g/mol. The van der Waals surface area contributed by atoms with Gasteiger partial charge in [-0.25, -0.2) is 0 Å². The first-order valence-electron chi connectivity index (χ1n) is 5.17. The molecule has 0 atom stereocenters. The molecule has 2 rings (SSSR count). The number of aromatic nitrogens is 1. The molecule has 1 aromatic carbocycles. The minimum Gasteiger partial charge on any atom is -0.490 e. The fourth-order valence-electron chi connectivity index (χ4n) is 1.53. The zero-order valence-electron chi connectivity index (χ0n) is 9.62. The molecule has 0 aliphatic heterocycles. The van der Waals surface area contributed by atoms with Gasteiger partial charge in [-0.15, -0.1) is 0 Å². The van der Waals surface area contributed by atoms with Crippen LogP contribution in [0.5, 0.6) is 5.75 Å². The smallest absolute Gasteiger partial charge is 0.333 e. The largest absolute Gasteiger partial charge is 0.490 e. The van der Waals surface area contributed by atoms with Crippen molar-refractivity contribution in [3.8, 4) is 5.75 Å². The average Bonchev–Trinajstić information content (AvgIpc) is 2.88. The summed E-state index contributed by atoms with van der Waals surface area (Å²) in [6.45, 7) is 0.313. The second-order valence-corrected chi connectivity index (χ2v) is 3.45. The molecule has 1 N–H and O–H groups in total. The number of nitrogens with zero attached hydrogens (tertiary/aromatic N) is 2. The van der Waals surface area contributed by atoms with Crippen molar-refractivity contribution in [2.45, 2.75) is 6.54 Å². The van der Waals surface area contributed by atoms with E-state index in [0.29, 0.717) is 18.0 Å². The zero-order valence-corrected chi connectivity index (χ0v) is 9.62. The van der Waals surface area contributed by atoms with E-state index in [-0.39, 0.29) is 11.4 Å². The van der Waals surface area contributed by atoms with E-state index in [1.807, 2.05) is 0 Å². The third kappa shape index (κ3) is 2.40. The van der Waals surface area contributed by atoms with Crippen LogP contribution < -0.4 is 10.1 Å². The maximum atomic E-state index is 11.0. The number of methoxy groups -OCH3 is 1. The van der Waals surface area contributed by atoms with Crippen LogP contribution in [0.1, 0.15) is 5.76 Å². The van der Waals surface area contributed by atoms with Gasteiger partial charge in [0.2, 0.25) is 0 Å². The number of nitro groups is 1. The first-order valence-corrected chi connectivity index (χ1v) is 5.17. The highest BCUT2D eigenvalue weighted by atomic mass is 16.6. The number of hydrogen-bond acceptors (Lipinski definition) is 6. The van der Waals surface area contributed by atoms with Crippen LogP contribution in [0.4, 0.5) is 11.4 Å². The molecule has 1 aromatic heterocycles. The number of nitrogens with one attached hydrogen (secondary N) is 1. The summed E-state index contributed by atoms with van der Waals surface area (Å²) in [5, 5.41) is 17.5. The second kappa shape index (κ2) is 5.17. The van der Waals surface area contributed by atoms with Gasteiger partial charge in [-0.3, -0.25) is 10.1 Å². The van der Waals surface area contributed by atoms with Gasteiger partial charge in [0.1, 0.15) is 5.69 Å². The van der Waals surface area contributed by atoms with Crippen LogP contribution in [-0.2, 0) is 6.54 Å². The predicted molar refractivity (Wildman–Crippen MR) is 63.5 cm³/mol. The molecule has 94 valence electrons. The zero-order chi connectivity index (χ0) is 13.0. The molecule has 0 aliphatic rings. The Bertz CT molecular complexity index is 539. The van der Waals surface area contributed by atoms with Crippen molar-refractivity contribution in [1.29, 1.82) is 0 Å². The monoisotopic (exact) mass is 249 g/mol. The lowest BCUT2D eigenvalue weighted by molar-refractivity contribution is -0.384. The van der Waals surface area contributed by atoms with Gasteiger partial charge in [-0.1, -0.05) is 11.2 Å². The first kappa shape index (κ1) is 11.9. The summed E-state index contributed by atoms with van der Waals surface area (Å²) in [6.07, 6.45) is 1.51. The Hall–Kier alpha value is -2.57. The van der Waals surface area contributed by atoms with E-state index >= 15 is 0 Å². The Balaban J connectivity index is 2.24. The highest BCUT2D eigenvalue weighted by Gasteiger charge is 2.20. The molecule has 0 bridgehead atoms. The Morgan fingerprint density at radius 3 is 2.94 bits per heavy atom. The molecule has 0 fully saturated rings. The van der Waals surface area contributed by atoms with E-state index in [0.717, 1.165) is 0 Å². The summed E-state index contributed by atoms with van der Waals surface area (Å²) >= 11 is 0. The normalized spacial score (nSPS) is 10.1. The van der Waals surface area contributed by atoms with Crippen molar-refractivity contribution in [1.82, 2.24) is 5.16 Å². The lowest BCUT2D eigenvalue weighted by Gasteiger charge is -2.07. The summed E-state index contributed by atoms with van der Waals surface area (Å²) in [7, 11) is 1.39. The van der Waals surface area contributed by atoms with Gasteiger partial charge >= 0.3 is 5.69 Å². The summed E-state index contributed by atoms with van der Waals surface area (Å²) in [5.74, 6) is 0.801. The lowest BCUT2D eigenvalue weighted by Crippen LogP contribution is -2.03. The number of anilines is 1. The molecule has 0 spiro atoms. The number of nitro benzene ring substituents is 1. The van der Waals surface area contributed by atoms with Gasteiger partial charge in [-0.05, 0) is 12.1 Å². The summed E-state index contributed by atoms with van der Waals surface area (Å²) < 4.78 is 9.87. The minimum absolute atomic E-state index is 0.0977. The highest BCUT2D eigenvalue weighted by molar-refractivity contribution is 5.68. The second-order valence-electron chi connectivity index (χ2n) is 3.45. The van der Waals surface area contributed by atoms with E-state index in [1.54, 1.807) is 18.2 Å². The SMILES string of the molecule is COc1cccc(NCc2ccno2)c1[N+](=O)[O-]. The van der Waals surface area contributed by atoms with Crippen LogP contribution in [0.25, 0.3) is 0 Å². The Labute approximate surface area is 103 Å². The number of ether oxygens (including phenoxy) is 1. The van der Waals surface area contributed by atoms with Crippen molar-refractivity contribution < 1.29 is 14.2 Å². The summed E-state index contributed by atoms with van der Waals surface area (Å²) in [6, 6.07) is 6.50. The third-order valence-corrected chi connectivity index (χ3v) is 2.35. The van der Waals surface area contributed by atoms with Crippen molar-refractivity contribution in [2.75, 3.05) is 12.4 Å². The Morgan fingerprint density at radius 1 is 1.50 bits per heavy atom. The number of hydrogen-bond donors (Lipinski definition) is 1. The molecular weight excluding hydrogens is 238 g/mol. The van der Waals surface area contributed by atoms with Gasteiger partial charge in [0.15, 0.2) is 11.5 Å². The van der Waals surface area contributed by atoms with Crippen molar-refractivity contribution in [3.63, 3.8) is 0 Å². The molecular formula is C11H11N3O4. The molecule has 7 heteroatoms. The van der Waals surface area contributed by atoms with E-state index < -0.39 is 4.92 Å². The molecule has 0 saturated heterocycles. The van der Waals surface area contributed by atoms with E-state index in [2.05, 4.69) is 10.5 Å². The fourth-order valence-corrected chi connectivity index (χ4v) is 1.53.